The summed E-state index contributed by atoms with van der Waals surface area (Å²) in [7, 11) is 0. The number of rotatable bonds is 7. The van der Waals surface area contributed by atoms with Crippen molar-refractivity contribution in [2.24, 2.45) is 5.41 Å². The molecule has 1 rings (SSSR count). The normalized spacial score (nSPS) is 18.6. The highest BCUT2D eigenvalue weighted by molar-refractivity contribution is 5.37. The predicted octanol–water partition coefficient (Wildman–Crippen LogP) is 8.51. The lowest BCUT2D eigenvalue weighted by atomic mass is 9.72. The third-order valence-corrected chi connectivity index (χ3v) is 4.80. The first kappa shape index (κ1) is 23.4. The highest BCUT2D eigenvalue weighted by atomic mass is 14.3. The van der Waals surface area contributed by atoms with Gasteiger partial charge in [0.05, 0.1) is 0 Å². The molecule has 0 heteroatoms. The molecule has 0 saturated carbocycles. The molecule has 25 heavy (non-hydrogen) atoms. The smallest absolute Gasteiger partial charge is 0.0104 e. The van der Waals surface area contributed by atoms with Gasteiger partial charge in [-0.25, -0.2) is 0 Å². The largest absolute Gasteiger partial charge is 0.106 e. The fourth-order valence-corrected chi connectivity index (χ4v) is 3.23. The summed E-state index contributed by atoms with van der Waals surface area (Å²) in [6.07, 6.45) is 21.2. The van der Waals surface area contributed by atoms with Crippen molar-refractivity contribution in [3.63, 3.8) is 0 Å². The molecule has 0 N–H and O–H groups in total. The van der Waals surface area contributed by atoms with Gasteiger partial charge in [0.1, 0.15) is 0 Å². The molecule has 140 valence electrons. The number of hydrogen-bond acceptors (Lipinski definition) is 0. The Morgan fingerprint density at radius 1 is 1.12 bits per heavy atom. The summed E-state index contributed by atoms with van der Waals surface area (Å²) in [6, 6.07) is 0. The van der Waals surface area contributed by atoms with Gasteiger partial charge >= 0.3 is 0 Å². The van der Waals surface area contributed by atoms with E-state index < -0.39 is 0 Å². The van der Waals surface area contributed by atoms with Crippen LogP contribution in [0.3, 0.4) is 0 Å². The molecule has 0 aliphatic heterocycles. The van der Waals surface area contributed by atoms with Crippen LogP contribution in [0.4, 0.5) is 0 Å². The number of allylic oxidation sites excluding steroid dienone is 10. The molecule has 0 spiro atoms. The van der Waals surface area contributed by atoms with E-state index >= 15 is 0 Å². The van der Waals surface area contributed by atoms with Gasteiger partial charge in [-0.1, -0.05) is 86.8 Å². The van der Waals surface area contributed by atoms with E-state index in [9.17, 15) is 0 Å². The SMILES string of the molecule is C=C.CCCC/C=C(C)/C=C/C=C(C)/C=C/C1=C(C)CCCC1(C)C. The molecule has 0 nitrogen and oxygen atoms in total. The van der Waals surface area contributed by atoms with Gasteiger partial charge in [-0.3, -0.25) is 0 Å². The van der Waals surface area contributed by atoms with Crippen LogP contribution in [0.25, 0.3) is 0 Å². The van der Waals surface area contributed by atoms with Crippen LogP contribution in [-0.4, -0.2) is 0 Å². The molecule has 0 unspecified atom stereocenters. The zero-order valence-corrected chi connectivity index (χ0v) is 17.6. The lowest BCUT2D eigenvalue weighted by Gasteiger charge is -2.32. The topological polar surface area (TPSA) is 0 Å². The van der Waals surface area contributed by atoms with Gasteiger partial charge in [0.15, 0.2) is 0 Å². The van der Waals surface area contributed by atoms with E-state index in [0.29, 0.717) is 5.41 Å². The van der Waals surface area contributed by atoms with Gasteiger partial charge in [-0.15, -0.1) is 13.2 Å². The minimum absolute atomic E-state index is 0.327. The highest BCUT2D eigenvalue weighted by Crippen LogP contribution is 2.40. The van der Waals surface area contributed by atoms with Crippen LogP contribution < -0.4 is 0 Å². The lowest BCUT2D eigenvalue weighted by Crippen LogP contribution is -2.19. The fraction of sp³-hybridized carbons (Fsp3) is 0.520. The number of hydrogen-bond donors (Lipinski definition) is 0. The molecule has 1 aliphatic carbocycles. The van der Waals surface area contributed by atoms with Gasteiger partial charge in [0.2, 0.25) is 0 Å². The maximum Gasteiger partial charge on any atom is -0.0104 e. The zero-order chi connectivity index (χ0) is 19.3. The monoisotopic (exact) mass is 340 g/mol. The van der Waals surface area contributed by atoms with E-state index in [0.717, 1.165) is 0 Å². The molecule has 0 heterocycles. The first-order chi connectivity index (χ1) is 11.9. The van der Waals surface area contributed by atoms with E-state index in [1.807, 2.05) is 0 Å². The van der Waals surface area contributed by atoms with E-state index in [1.54, 1.807) is 5.57 Å². The van der Waals surface area contributed by atoms with Gasteiger partial charge in [0, 0.05) is 0 Å². The van der Waals surface area contributed by atoms with Gasteiger partial charge in [-0.05, 0) is 57.4 Å². The minimum atomic E-state index is 0.327. The summed E-state index contributed by atoms with van der Waals surface area (Å²) >= 11 is 0. The predicted molar refractivity (Wildman–Crippen MR) is 117 cm³/mol. The lowest BCUT2D eigenvalue weighted by molar-refractivity contribution is 0.377. The summed E-state index contributed by atoms with van der Waals surface area (Å²) < 4.78 is 0. The second-order valence-electron chi connectivity index (χ2n) is 7.62. The van der Waals surface area contributed by atoms with Gasteiger partial charge < -0.3 is 0 Å². The average Bonchev–Trinajstić information content (AvgIpc) is 2.56. The van der Waals surface area contributed by atoms with Gasteiger partial charge in [0.25, 0.3) is 0 Å². The molecule has 1 aliphatic rings. The van der Waals surface area contributed by atoms with E-state index in [4.69, 9.17) is 0 Å². The maximum absolute atomic E-state index is 3.00. The zero-order valence-electron chi connectivity index (χ0n) is 17.6. The molecule has 0 aromatic rings. The molecule has 0 atom stereocenters. The molecule has 0 bridgehead atoms. The van der Waals surface area contributed by atoms with Crippen LogP contribution in [0.15, 0.2) is 71.9 Å². The first-order valence-corrected chi connectivity index (χ1v) is 9.77. The Bertz CT molecular complexity index is 532. The second-order valence-corrected chi connectivity index (χ2v) is 7.62. The molecular weight excluding hydrogens is 300 g/mol. The summed E-state index contributed by atoms with van der Waals surface area (Å²) in [5, 5.41) is 0. The van der Waals surface area contributed by atoms with Crippen molar-refractivity contribution in [1.29, 1.82) is 0 Å². The Balaban J connectivity index is 0.00000277. The average molecular weight is 341 g/mol. The van der Waals surface area contributed by atoms with E-state index in [-0.39, 0.29) is 0 Å². The Morgan fingerprint density at radius 3 is 2.40 bits per heavy atom. The second kappa shape index (κ2) is 12.8. The summed E-state index contributed by atoms with van der Waals surface area (Å²) in [6.45, 7) is 19.6. The van der Waals surface area contributed by atoms with Crippen LogP contribution in [0.5, 0.6) is 0 Å². The van der Waals surface area contributed by atoms with Crippen molar-refractivity contribution >= 4 is 0 Å². The first-order valence-electron chi connectivity index (χ1n) is 9.77. The molecule has 0 aromatic carbocycles. The van der Waals surface area contributed by atoms with Crippen molar-refractivity contribution in [2.45, 2.75) is 80.1 Å². The molecule has 0 radical (unpaired) electrons. The van der Waals surface area contributed by atoms with Crippen molar-refractivity contribution in [3.8, 4) is 0 Å². The Morgan fingerprint density at radius 2 is 1.80 bits per heavy atom. The third kappa shape index (κ3) is 9.48. The van der Waals surface area contributed by atoms with Gasteiger partial charge in [-0.2, -0.15) is 0 Å². The van der Waals surface area contributed by atoms with Crippen molar-refractivity contribution < 1.29 is 0 Å². The summed E-state index contributed by atoms with van der Waals surface area (Å²) in [4.78, 5) is 0. The van der Waals surface area contributed by atoms with Crippen molar-refractivity contribution in [2.75, 3.05) is 0 Å². The number of unbranched alkanes of at least 4 members (excludes halogenated alkanes) is 2. The molecule has 0 fully saturated rings. The van der Waals surface area contributed by atoms with Crippen LogP contribution >= 0.6 is 0 Å². The third-order valence-electron chi connectivity index (χ3n) is 4.80. The fourth-order valence-electron chi connectivity index (χ4n) is 3.23. The van der Waals surface area contributed by atoms with Crippen LogP contribution in [0.2, 0.25) is 0 Å². The Hall–Kier alpha value is -1.56. The van der Waals surface area contributed by atoms with Crippen LogP contribution in [-0.2, 0) is 0 Å². The van der Waals surface area contributed by atoms with Crippen molar-refractivity contribution in [3.05, 3.63) is 71.9 Å². The Kier molecular flexibility index (Phi) is 12.0. The van der Waals surface area contributed by atoms with Crippen molar-refractivity contribution in [1.82, 2.24) is 0 Å². The van der Waals surface area contributed by atoms with Crippen LogP contribution in [0.1, 0.15) is 80.1 Å². The Labute approximate surface area is 157 Å². The van der Waals surface area contributed by atoms with Crippen LogP contribution in [0, 0.1) is 5.41 Å². The van der Waals surface area contributed by atoms with E-state index in [2.05, 4.69) is 91.2 Å². The molecule has 0 amide bonds. The summed E-state index contributed by atoms with van der Waals surface area (Å²) in [5.41, 5.74) is 6.10. The highest BCUT2D eigenvalue weighted by Gasteiger charge is 2.26. The molecule has 0 aromatic heterocycles. The maximum atomic E-state index is 3.00. The summed E-state index contributed by atoms with van der Waals surface area (Å²) in [5.74, 6) is 0. The standard InChI is InChI=1S/C23H36.C2H4/c1-7-8-9-12-19(2)13-10-14-20(3)16-17-22-21(4)15-11-18-23(22,5)6;1-2/h10,12-14,16-17H,7-9,11,15,18H2,1-6H3;1-2H2/b13-10+,17-16+,19-12+,20-14+;. The van der Waals surface area contributed by atoms with E-state index in [1.165, 1.54) is 55.2 Å². The molecule has 0 saturated heterocycles. The molecular formula is C25H40. The minimum Gasteiger partial charge on any atom is -0.106 e. The quantitative estimate of drug-likeness (QED) is 0.247.